The number of hydrogen-bond acceptors (Lipinski definition) is 3. The molecule has 0 bridgehead atoms. The first-order valence-electron chi connectivity index (χ1n) is 4.40. The fourth-order valence-electron chi connectivity index (χ4n) is 1.48. The lowest BCUT2D eigenvalue weighted by Crippen LogP contribution is -2.01. The van der Waals surface area contributed by atoms with Crippen LogP contribution in [0.25, 0.3) is 0 Å². The highest BCUT2D eigenvalue weighted by atomic mass is 32.2. The van der Waals surface area contributed by atoms with Crippen LogP contribution in [0.15, 0.2) is 16.6 Å². The molecule has 0 radical (unpaired) electrons. The molecule has 13 heavy (non-hydrogen) atoms. The summed E-state index contributed by atoms with van der Waals surface area (Å²) in [5, 5.41) is 3.99. The molecule has 0 amide bonds. The Morgan fingerprint density at radius 1 is 1.54 bits per heavy atom. The molecule has 4 nitrogen and oxygen atoms in total. The molecule has 0 unspecified atom stereocenters. The molecule has 1 fully saturated rings. The lowest BCUT2D eigenvalue weighted by Gasteiger charge is -1.99. The summed E-state index contributed by atoms with van der Waals surface area (Å²) in [6, 6.07) is 1.80. The van der Waals surface area contributed by atoms with Gasteiger partial charge in [0.2, 0.25) is 0 Å². The van der Waals surface area contributed by atoms with Gasteiger partial charge in [0.05, 0.1) is 15.9 Å². The SMILES string of the molecule is Cn1nccc1N=S1(=O)CCCC1. The fraction of sp³-hybridized carbons (Fsp3) is 0.625. The van der Waals surface area contributed by atoms with Crippen molar-refractivity contribution < 1.29 is 4.21 Å². The molecule has 0 N–H and O–H groups in total. The predicted molar refractivity (Wildman–Crippen MR) is 52.4 cm³/mol. The highest BCUT2D eigenvalue weighted by Crippen LogP contribution is 2.19. The van der Waals surface area contributed by atoms with E-state index in [-0.39, 0.29) is 0 Å². The van der Waals surface area contributed by atoms with Gasteiger partial charge in [0, 0.05) is 24.6 Å². The van der Waals surface area contributed by atoms with Crippen molar-refractivity contribution in [2.45, 2.75) is 12.8 Å². The second-order valence-corrected chi connectivity index (χ2v) is 5.84. The molecule has 1 aromatic rings. The van der Waals surface area contributed by atoms with E-state index in [1.165, 1.54) is 0 Å². The highest BCUT2D eigenvalue weighted by molar-refractivity contribution is 7.93. The van der Waals surface area contributed by atoms with E-state index in [4.69, 9.17) is 0 Å². The molecule has 1 aromatic heterocycles. The van der Waals surface area contributed by atoms with Gasteiger partial charge in [0.1, 0.15) is 0 Å². The zero-order valence-electron chi connectivity index (χ0n) is 7.64. The molecule has 0 atom stereocenters. The summed E-state index contributed by atoms with van der Waals surface area (Å²) in [6.45, 7) is 0. The maximum absolute atomic E-state index is 12.0. The Labute approximate surface area is 78.1 Å². The summed E-state index contributed by atoms with van der Waals surface area (Å²) in [4.78, 5) is 0. The lowest BCUT2D eigenvalue weighted by atomic mass is 10.4. The van der Waals surface area contributed by atoms with Gasteiger partial charge in [-0.25, -0.2) is 4.21 Å². The van der Waals surface area contributed by atoms with E-state index in [0.29, 0.717) is 0 Å². The normalized spacial score (nSPS) is 20.4. The van der Waals surface area contributed by atoms with Crippen molar-refractivity contribution in [1.82, 2.24) is 9.78 Å². The maximum atomic E-state index is 12.0. The standard InChI is InChI=1S/C8H13N3OS/c1-11-8(4-5-9-11)10-13(12)6-2-3-7-13/h4-5H,2-3,6-7H2,1H3. The van der Waals surface area contributed by atoms with Crippen LogP contribution in [-0.4, -0.2) is 25.5 Å². The minimum atomic E-state index is -1.94. The van der Waals surface area contributed by atoms with E-state index in [2.05, 4.69) is 9.46 Å². The summed E-state index contributed by atoms with van der Waals surface area (Å²) in [5.74, 6) is 2.22. The zero-order chi connectivity index (χ0) is 9.31. The van der Waals surface area contributed by atoms with Crippen LogP contribution in [0.3, 0.4) is 0 Å². The van der Waals surface area contributed by atoms with Crippen molar-refractivity contribution in [2.24, 2.45) is 11.4 Å². The number of aromatic nitrogens is 2. The third-order valence-electron chi connectivity index (χ3n) is 2.23. The quantitative estimate of drug-likeness (QED) is 0.684. The smallest absolute Gasteiger partial charge is 0.159 e. The van der Waals surface area contributed by atoms with E-state index in [0.717, 1.165) is 30.2 Å². The van der Waals surface area contributed by atoms with Crippen molar-refractivity contribution in [1.29, 1.82) is 0 Å². The predicted octanol–water partition coefficient (Wildman–Crippen LogP) is 1.31. The first-order valence-corrected chi connectivity index (χ1v) is 6.25. The first kappa shape index (κ1) is 8.74. The van der Waals surface area contributed by atoms with Crippen molar-refractivity contribution in [3.63, 3.8) is 0 Å². The van der Waals surface area contributed by atoms with Crippen LogP contribution in [0, 0.1) is 0 Å². The Kier molecular flexibility index (Phi) is 2.11. The average Bonchev–Trinajstić information content (AvgIpc) is 2.64. The zero-order valence-corrected chi connectivity index (χ0v) is 8.46. The molecule has 5 heteroatoms. The molecule has 1 aliphatic rings. The molecule has 0 aliphatic carbocycles. The number of nitrogens with zero attached hydrogens (tertiary/aromatic N) is 3. The van der Waals surface area contributed by atoms with Gasteiger partial charge in [-0.1, -0.05) is 0 Å². The molecule has 0 spiro atoms. The second-order valence-electron chi connectivity index (χ2n) is 3.29. The molecular formula is C8H13N3OS. The Bertz CT molecular complexity index is 403. The maximum Gasteiger partial charge on any atom is 0.159 e. The molecule has 2 heterocycles. The van der Waals surface area contributed by atoms with Crippen molar-refractivity contribution >= 4 is 15.5 Å². The number of aryl methyl sites for hydroxylation is 1. The molecule has 2 rings (SSSR count). The van der Waals surface area contributed by atoms with E-state index in [9.17, 15) is 4.21 Å². The summed E-state index contributed by atoms with van der Waals surface area (Å²) in [6.07, 6.45) is 3.76. The second kappa shape index (κ2) is 3.14. The van der Waals surface area contributed by atoms with Gasteiger partial charge in [-0.2, -0.15) is 9.46 Å². The van der Waals surface area contributed by atoms with Crippen LogP contribution in [0.4, 0.5) is 5.82 Å². The number of hydrogen-bond donors (Lipinski definition) is 0. The summed E-state index contributed by atoms with van der Waals surface area (Å²) in [5.41, 5.74) is 0. The van der Waals surface area contributed by atoms with Crippen LogP contribution in [0.5, 0.6) is 0 Å². The number of rotatable bonds is 1. The summed E-state index contributed by atoms with van der Waals surface area (Å²) < 4.78 is 17.9. The van der Waals surface area contributed by atoms with Crippen LogP contribution in [-0.2, 0) is 16.8 Å². The molecule has 0 saturated carbocycles. The Balaban J connectivity index is 2.40. The van der Waals surface area contributed by atoms with Gasteiger partial charge in [-0.05, 0) is 12.8 Å². The minimum Gasteiger partial charge on any atom is -0.250 e. The van der Waals surface area contributed by atoms with Gasteiger partial charge in [0.15, 0.2) is 5.82 Å². The van der Waals surface area contributed by atoms with E-state index in [1.807, 2.05) is 7.05 Å². The van der Waals surface area contributed by atoms with Gasteiger partial charge in [0.25, 0.3) is 0 Å². The monoisotopic (exact) mass is 199 g/mol. The average molecular weight is 199 g/mol. The highest BCUT2D eigenvalue weighted by Gasteiger charge is 2.16. The topological polar surface area (TPSA) is 47.2 Å². The van der Waals surface area contributed by atoms with Crippen LogP contribution in [0.1, 0.15) is 12.8 Å². The van der Waals surface area contributed by atoms with Crippen LogP contribution < -0.4 is 0 Å². The minimum absolute atomic E-state index is 0.729. The Morgan fingerprint density at radius 3 is 2.77 bits per heavy atom. The van der Waals surface area contributed by atoms with E-state index < -0.39 is 9.73 Å². The van der Waals surface area contributed by atoms with Crippen molar-refractivity contribution in [3.05, 3.63) is 12.3 Å². The Hall–Kier alpha value is -0.840. The third kappa shape index (κ3) is 1.75. The summed E-state index contributed by atoms with van der Waals surface area (Å²) in [7, 11) is -0.119. The fourth-order valence-corrected chi connectivity index (χ4v) is 3.69. The third-order valence-corrected chi connectivity index (χ3v) is 4.60. The van der Waals surface area contributed by atoms with Gasteiger partial charge in [-0.3, -0.25) is 4.68 Å². The molecule has 0 aromatic carbocycles. The Morgan fingerprint density at radius 2 is 2.23 bits per heavy atom. The van der Waals surface area contributed by atoms with Crippen molar-refractivity contribution in [2.75, 3.05) is 11.5 Å². The van der Waals surface area contributed by atoms with Gasteiger partial charge >= 0.3 is 0 Å². The van der Waals surface area contributed by atoms with E-state index >= 15 is 0 Å². The van der Waals surface area contributed by atoms with Crippen LogP contribution in [0.2, 0.25) is 0 Å². The van der Waals surface area contributed by atoms with Crippen LogP contribution >= 0.6 is 0 Å². The van der Waals surface area contributed by atoms with Crippen molar-refractivity contribution in [3.8, 4) is 0 Å². The largest absolute Gasteiger partial charge is 0.250 e. The van der Waals surface area contributed by atoms with Gasteiger partial charge < -0.3 is 0 Å². The first-order chi connectivity index (χ1) is 6.20. The molecule has 1 aliphatic heterocycles. The molecule has 72 valence electrons. The van der Waals surface area contributed by atoms with Gasteiger partial charge in [-0.15, -0.1) is 0 Å². The lowest BCUT2D eigenvalue weighted by molar-refractivity contribution is 0.680. The summed E-state index contributed by atoms with van der Waals surface area (Å²) >= 11 is 0. The molecule has 1 saturated heterocycles. The van der Waals surface area contributed by atoms with E-state index in [1.54, 1.807) is 16.9 Å². The molecular weight excluding hydrogens is 186 g/mol.